The lowest BCUT2D eigenvalue weighted by Gasteiger charge is -2.22. The summed E-state index contributed by atoms with van der Waals surface area (Å²) in [5, 5.41) is 8.70. The van der Waals surface area contributed by atoms with Crippen molar-refractivity contribution in [1.82, 2.24) is 4.31 Å². The second kappa shape index (κ2) is 11.6. The Morgan fingerprint density at radius 3 is 1.95 bits per heavy atom. The average Bonchev–Trinajstić information content (AvgIpc) is 2.37. The molecule has 0 saturated carbocycles. The molecule has 0 aliphatic rings. The normalized spacial score (nSPS) is 12.2. The van der Waals surface area contributed by atoms with Crippen LogP contribution >= 0.6 is 0 Å². The van der Waals surface area contributed by atoms with Crippen LogP contribution in [-0.4, -0.2) is 69.7 Å². The lowest BCUT2D eigenvalue weighted by atomic mass is 10.4. The SMILES string of the molecule is CCOCCN(CCOCC)S(=O)(=O)CCCCO. The molecule has 0 radical (unpaired) electrons. The molecule has 0 bridgehead atoms. The Morgan fingerprint density at radius 1 is 1.00 bits per heavy atom. The Balaban J connectivity index is 4.32. The average molecular weight is 297 g/mol. The van der Waals surface area contributed by atoms with Gasteiger partial charge in [-0.3, -0.25) is 0 Å². The molecule has 0 atom stereocenters. The molecule has 0 aromatic carbocycles. The third kappa shape index (κ3) is 9.34. The van der Waals surface area contributed by atoms with Crippen molar-refractivity contribution < 1.29 is 23.0 Å². The standard InChI is InChI=1S/C12H27NO5S/c1-3-17-10-7-13(8-11-18-4-2)19(15,16)12-6-5-9-14/h14H,3-12H2,1-2H3. The second-order valence-corrected chi connectivity index (χ2v) is 6.13. The van der Waals surface area contributed by atoms with E-state index in [1.807, 2.05) is 13.8 Å². The minimum absolute atomic E-state index is 0.0212. The zero-order valence-corrected chi connectivity index (χ0v) is 12.8. The maximum Gasteiger partial charge on any atom is 0.214 e. The van der Waals surface area contributed by atoms with E-state index in [4.69, 9.17) is 14.6 Å². The van der Waals surface area contributed by atoms with E-state index in [0.717, 1.165) is 0 Å². The highest BCUT2D eigenvalue weighted by Gasteiger charge is 2.20. The Labute approximate surface area is 116 Å². The Hall–Kier alpha value is -0.210. The van der Waals surface area contributed by atoms with E-state index >= 15 is 0 Å². The highest BCUT2D eigenvalue weighted by molar-refractivity contribution is 7.89. The lowest BCUT2D eigenvalue weighted by molar-refractivity contribution is 0.110. The van der Waals surface area contributed by atoms with Gasteiger partial charge in [0.1, 0.15) is 0 Å². The van der Waals surface area contributed by atoms with Crippen LogP contribution in [0.25, 0.3) is 0 Å². The van der Waals surface area contributed by atoms with Crippen LogP contribution in [0.5, 0.6) is 0 Å². The number of rotatable bonds is 13. The van der Waals surface area contributed by atoms with Gasteiger partial charge in [-0.1, -0.05) is 0 Å². The summed E-state index contributed by atoms with van der Waals surface area (Å²) in [5.41, 5.74) is 0. The first-order valence-corrected chi connectivity index (χ1v) is 8.43. The minimum atomic E-state index is -3.29. The van der Waals surface area contributed by atoms with E-state index in [1.54, 1.807) is 0 Å². The summed E-state index contributed by atoms with van der Waals surface area (Å²) < 4.78 is 36.1. The summed E-state index contributed by atoms with van der Waals surface area (Å²) in [5.74, 6) is 0.0613. The molecule has 6 nitrogen and oxygen atoms in total. The van der Waals surface area contributed by atoms with Gasteiger partial charge in [-0.15, -0.1) is 0 Å². The van der Waals surface area contributed by atoms with Gasteiger partial charge in [0.25, 0.3) is 0 Å². The van der Waals surface area contributed by atoms with Crippen molar-refractivity contribution >= 4 is 10.0 Å². The fourth-order valence-electron chi connectivity index (χ4n) is 1.54. The van der Waals surface area contributed by atoms with E-state index in [9.17, 15) is 8.42 Å². The zero-order chi connectivity index (χ0) is 14.6. The van der Waals surface area contributed by atoms with E-state index in [0.29, 0.717) is 52.4 Å². The molecule has 0 heterocycles. The topological polar surface area (TPSA) is 76.1 Å². The van der Waals surface area contributed by atoms with E-state index in [-0.39, 0.29) is 12.4 Å². The van der Waals surface area contributed by atoms with Crippen molar-refractivity contribution in [2.45, 2.75) is 26.7 Å². The monoisotopic (exact) mass is 297 g/mol. The number of nitrogens with zero attached hydrogens (tertiary/aromatic N) is 1. The molecular formula is C12H27NO5S. The van der Waals surface area contributed by atoms with Gasteiger partial charge in [-0.25, -0.2) is 8.42 Å². The Bertz CT molecular complexity index is 284. The fraction of sp³-hybridized carbons (Fsp3) is 1.00. The third-order valence-corrected chi connectivity index (χ3v) is 4.54. The van der Waals surface area contributed by atoms with Gasteiger partial charge < -0.3 is 14.6 Å². The van der Waals surface area contributed by atoms with Crippen LogP contribution in [0, 0.1) is 0 Å². The van der Waals surface area contributed by atoms with E-state index in [1.165, 1.54) is 4.31 Å². The number of sulfonamides is 1. The van der Waals surface area contributed by atoms with Crippen molar-refractivity contribution in [2.75, 3.05) is 51.9 Å². The van der Waals surface area contributed by atoms with Crippen molar-refractivity contribution in [3.8, 4) is 0 Å². The quantitative estimate of drug-likeness (QED) is 0.500. The van der Waals surface area contributed by atoms with Gasteiger partial charge in [0.05, 0.1) is 19.0 Å². The molecule has 0 rings (SSSR count). The molecule has 0 aromatic rings. The predicted octanol–water partition coefficient (Wildman–Crippen LogP) is 0.464. The zero-order valence-electron chi connectivity index (χ0n) is 12.0. The smallest absolute Gasteiger partial charge is 0.214 e. The maximum absolute atomic E-state index is 12.1. The predicted molar refractivity (Wildman–Crippen MR) is 74.7 cm³/mol. The maximum atomic E-state index is 12.1. The Morgan fingerprint density at radius 2 is 1.53 bits per heavy atom. The summed E-state index contributed by atoms with van der Waals surface area (Å²) in [4.78, 5) is 0. The minimum Gasteiger partial charge on any atom is -0.396 e. The number of aliphatic hydroxyl groups is 1. The van der Waals surface area contributed by atoms with Crippen LogP contribution in [0.4, 0.5) is 0 Å². The summed E-state index contributed by atoms with van der Waals surface area (Å²) in [6, 6.07) is 0. The molecule has 0 saturated heterocycles. The van der Waals surface area contributed by atoms with Crippen LogP contribution in [0.1, 0.15) is 26.7 Å². The molecule has 19 heavy (non-hydrogen) atoms. The summed E-state index contributed by atoms with van der Waals surface area (Å²) in [6.07, 6.45) is 0.975. The number of hydrogen-bond acceptors (Lipinski definition) is 5. The van der Waals surface area contributed by atoms with Crippen molar-refractivity contribution in [2.24, 2.45) is 0 Å². The van der Waals surface area contributed by atoms with Crippen LogP contribution in [-0.2, 0) is 19.5 Å². The first kappa shape index (κ1) is 18.8. The van der Waals surface area contributed by atoms with Crippen molar-refractivity contribution in [3.05, 3.63) is 0 Å². The largest absolute Gasteiger partial charge is 0.396 e. The molecular weight excluding hydrogens is 270 g/mol. The first-order chi connectivity index (χ1) is 9.08. The van der Waals surface area contributed by atoms with Gasteiger partial charge in [-0.2, -0.15) is 4.31 Å². The van der Waals surface area contributed by atoms with Crippen LogP contribution < -0.4 is 0 Å². The first-order valence-electron chi connectivity index (χ1n) is 6.82. The van der Waals surface area contributed by atoms with Gasteiger partial charge in [0.15, 0.2) is 0 Å². The van der Waals surface area contributed by atoms with E-state index in [2.05, 4.69) is 0 Å². The molecule has 0 unspecified atom stereocenters. The summed E-state index contributed by atoms with van der Waals surface area (Å²) >= 11 is 0. The van der Waals surface area contributed by atoms with Crippen LogP contribution in [0.3, 0.4) is 0 Å². The number of unbranched alkanes of at least 4 members (excludes halogenated alkanes) is 1. The molecule has 0 amide bonds. The molecule has 116 valence electrons. The van der Waals surface area contributed by atoms with E-state index < -0.39 is 10.0 Å². The lowest BCUT2D eigenvalue weighted by Crippen LogP contribution is -2.38. The Kier molecular flexibility index (Phi) is 11.5. The van der Waals surface area contributed by atoms with Gasteiger partial charge in [0, 0.05) is 32.9 Å². The molecule has 1 N–H and O–H groups in total. The fourth-order valence-corrected chi connectivity index (χ4v) is 3.07. The number of aliphatic hydroxyl groups excluding tert-OH is 1. The van der Waals surface area contributed by atoms with Crippen molar-refractivity contribution in [3.63, 3.8) is 0 Å². The second-order valence-electron chi connectivity index (χ2n) is 4.04. The molecule has 0 spiro atoms. The molecule has 0 aromatic heterocycles. The van der Waals surface area contributed by atoms with Crippen LogP contribution in [0.15, 0.2) is 0 Å². The molecule has 0 aliphatic heterocycles. The molecule has 7 heteroatoms. The van der Waals surface area contributed by atoms with Gasteiger partial charge in [0.2, 0.25) is 10.0 Å². The van der Waals surface area contributed by atoms with Crippen molar-refractivity contribution in [1.29, 1.82) is 0 Å². The molecule has 0 fully saturated rings. The summed E-state index contributed by atoms with van der Waals surface area (Å²) in [7, 11) is -3.29. The summed E-state index contributed by atoms with van der Waals surface area (Å²) in [6.45, 7) is 6.40. The van der Waals surface area contributed by atoms with Gasteiger partial charge in [-0.05, 0) is 26.7 Å². The highest BCUT2D eigenvalue weighted by Crippen LogP contribution is 2.05. The number of hydrogen-bond donors (Lipinski definition) is 1. The highest BCUT2D eigenvalue weighted by atomic mass is 32.2. The van der Waals surface area contributed by atoms with Crippen LogP contribution in [0.2, 0.25) is 0 Å². The third-order valence-electron chi connectivity index (χ3n) is 2.58. The van der Waals surface area contributed by atoms with Gasteiger partial charge >= 0.3 is 0 Å². The molecule has 0 aliphatic carbocycles. The number of ether oxygens (including phenoxy) is 2.